The van der Waals surface area contributed by atoms with Crippen molar-refractivity contribution in [3.05, 3.63) is 71.5 Å². The molecule has 1 amide bonds. The maximum atomic E-state index is 12.9. The largest absolute Gasteiger partial charge is 0.377 e. The summed E-state index contributed by atoms with van der Waals surface area (Å²) >= 11 is 1.61. The van der Waals surface area contributed by atoms with Crippen LogP contribution in [0.15, 0.2) is 64.4 Å². The zero-order valence-corrected chi connectivity index (χ0v) is 20.6. The number of nitrogens with one attached hydrogen (secondary N) is 2. The van der Waals surface area contributed by atoms with E-state index in [-0.39, 0.29) is 22.9 Å². The third-order valence-corrected chi connectivity index (χ3v) is 7.76. The first-order chi connectivity index (χ1) is 16.3. The number of carbonyl (C=O) groups is 1. The third-order valence-electron chi connectivity index (χ3n) is 5.21. The first-order valence-corrected chi connectivity index (χ1v) is 13.4. The van der Waals surface area contributed by atoms with E-state index in [1.807, 2.05) is 18.2 Å². The zero-order valence-electron chi connectivity index (χ0n) is 18.9. The van der Waals surface area contributed by atoms with Gasteiger partial charge in [0.05, 0.1) is 16.6 Å². The van der Waals surface area contributed by atoms with Crippen molar-refractivity contribution in [2.75, 3.05) is 22.4 Å². The molecule has 0 radical (unpaired) electrons. The van der Waals surface area contributed by atoms with Crippen LogP contribution in [0.1, 0.15) is 34.6 Å². The predicted octanol–water partition coefficient (Wildman–Crippen LogP) is 4.42. The van der Waals surface area contributed by atoms with Gasteiger partial charge in [-0.2, -0.15) is 0 Å². The summed E-state index contributed by atoms with van der Waals surface area (Å²) in [4.78, 5) is 22.1. The summed E-state index contributed by atoms with van der Waals surface area (Å²) in [6.45, 7) is 4.33. The van der Waals surface area contributed by atoms with Gasteiger partial charge in [0.25, 0.3) is 15.9 Å². The molecule has 2 heterocycles. The fraction of sp³-hybridized carbons (Fsp3) is 0.292. The number of aromatic nitrogens is 2. The Hall–Kier alpha value is -2.95. The van der Waals surface area contributed by atoms with Gasteiger partial charge in [0, 0.05) is 34.3 Å². The summed E-state index contributed by atoms with van der Waals surface area (Å²) in [6.07, 6.45) is 2.34. The Morgan fingerprint density at radius 1 is 1.09 bits per heavy atom. The second-order valence-corrected chi connectivity index (χ2v) is 10.7. The maximum absolute atomic E-state index is 12.9. The van der Waals surface area contributed by atoms with Crippen molar-refractivity contribution in [3.63, 3.8) is 0 Å². The monoisotopic (exact) mass is 498 g/mol. The molecule has 1 fully saturated rings. The fourth-order valence-corrected chi connectivity index (χ4v) is 5.67. The van der Waals surface area contributed by atoms with Crippen molar-refractivity contribution in [2.24, 2.45) is 0 Å². The van der Waals surface area contributed by atoms with E-state index in [0.717, 1.165) is 30.1 Å². The van der Waals surface area contributed by atoms with Crippen LogP contribution in [0.25, 0.3) is 0 Å². The van der Waals surface area contributed by atoms with Crippen molar-refractivity contribution in [3.8, 4) is 0 Å². The molecule has 1 atom stereocenters. The van der Waals surface area contributed by atoms with E-state index in [9.17, 15) is 13.2 Å². The molecule has 0 bridgehead atoms. The summed E-state index contributed by atoms with van der Waals surface area (Å²) in [5.74, 6) is 0.563. The summed E-state index contributed by atoms with van der Waals surface area (Å²) in [7, 11) is -3.87. The summed E-state index contributed by atoms with van der Waals surface area (Å²) in [5.41, 5.74) is 2.39. The van der Waals surface area contributed by atoms with Gasteiger partial charge in [0.15, 0.2) is 0 Å². The molecule has 0 aliphatic carbocycles. The van der Waals surface area contributed by atoms with E-state index in [0.29, 0.717) is 22.6 Å². The number of carbonyl (C=O) groups excluding carboxylic acids is 1. The molecule has 0 saturated carbocycles. The lowest BCUT2D eigenvalue weighted by Crippen LogP contribution is -2.16. The van der Waals surface area contributed by atoms with Crippen molar-refractivity contribution in [1.82, 2.24) is 9.97 Å². The van der Waals surface area contributed by atoms with E-state index >= 15 is 0 Å². The van der Waals surface area contributed by atoms with Gasteiger partial charge in [-0.15, -0.1) is 11.8 Å². The standard InChI is InChI=1S/C24H26N4O4S2/c1-16-14-17(2)26-24(25-16)28-34(30,31)20-11-9-18(10-12-20)27-23(29)21-7-3-4-8-22(21)33-15-19-6-5-13-32-19/h3-4,7-12,14,19H,5-6,13,15H2,1-2H3,(H,27,29)(H,25,26,28). The number of nitrogens with zero attached hydrogens (tertiary/aromatic N) is 2. The van der Waals surface area contributed by atoms with Gasteiger partial charge in [0.2, 0.25) is 5.95 Å². The average molecular weight is 499 g/mol. The van der Waals surface area contributed by atoms with Gasteiger partial charge < -0.3 is 10.1 Å². The van der Waals surface area contributed by atoms with E-state index in [1.54, 1.807) is 49.9 Å². The molecule has 10 heteroatoms. The molecule has 1 unspecified atom stereocenters. The quantitative estimate of drug-likeness (QED) is 0.443. The van der Waals surface area contributed by atoms with Crippen LogP contribution in [0.3, 0.4) is 0 Å². The predicted molar refractivity (Wildman–Crippen MR) is 133 cm³/mol. The molecule has 2 N–H and O–H groups in total. The highest BCUT2D eigenvalue weighted by molar-refractivity contribution is 7.99. The SMILES string of the molecule is Cc1cc(C)nc(NS(=O)(=O)c2ccc(NC(=O)c3ccccc3SCC3CCCO3)cc2)n1. The topological polar surface area (TPSA) is 110 Å². The van der Waals surface area contributed by atoms with Crippen molar-refractivity contribution >= 4 is 39.3 Å². The van der Waals surface area contributed by atoms with Gasteiger partial charge in [-0.1, -0.05) is 12.1 Å². The Balaban J connectivity index is 1.43. The van der Waals surface area contributed by atoms with E-state index in [4.69, 9.17) is 4.74 Å². The minimum atomic E-state index is -3.87. The molecule has 178 valence electrons. The van der Waals surface area contributed by atoms with Crippen molar-refractivity contribution in [2.45, 2.75) is 42.6 Å². The van der Waals surface area contributed by atoms with Crippen molar-refractivity contribution < 1.29 is 17.9 Å². The van der Waals surface area contributed by atoms with Crippen molar-refractivity contribution in [1.29, 1.82) is 0 Å². The van der Waals surface area contributed by atoms with Gasteiger partial charge >= 0.3 is 0 Å². The first-order valence-electron chi connectivity index (χ1n) is 10.9. The smallest absolute Gasteiger partial charge is 0.264 e. The normalized spacial score (nSPS) is 15.8. The van der Waals surface area contributed by atoms with Crippen LogP contribution in [0.5, 0.6) is 0 Å². The minimum Gasteiger partial charge on any atom is -0.377 e. The molecule has 34 heavy (non-hydrogen) atoms. The Morgan fingerprint density at radius 2 is 1.79 bits per heavy atom. The van der Waals surface area contributed by atoms with Gasteiger partial charge in [0.1, 0.15) is 0 Å². The van der Waals surface area contributed by atoms with Crippen LogP contribution in [-0.2, 0) is 14.8 Å². The van der Waals surface area contributed by atoms with Crippen LogP contribution in [-0.4, -0.2) is 42.8 Å². The highest BCUT2D eigenvalue weighted by atomic mass is 32.2. The lowest BCUT2D eigenvalue weighted by molar-refractivity contribution is 0.102. The number of ether oxygens (including phenoxy) is 1. The van der Waals surface area contributed by atoms with E-state index < -0.39 is 10.0 Å². The van der Waals surface area contributed by atoms with Crippen LogP contribution >= 0.6 is 11.8 Å². The number of anilines is 2. The van der Waals surface area contributed by atoms with E-state index in [2.05, 4.69) is 20.0 Å². The number of aryl methyl sites for hydroxylation is 2. The Morgan fingerprint density at radius 3 is 2.47 bits per heavy atom. The number of hydrogen-bond acceptors (Lipinski definition) is 7. The number of rotatable bonds is 8. The maximum Gasteiger partial charge on any atom is 0.264 e. The molecule has 1 aliphatic rings. The Labute approximate surface area is 203 Å². The molecule has 1 saturated heterocycles. The molecule has 0 spiro atoms. The van der Waals surface area contributed by atoms with Crippen LogP contribution in [0, 0.1) is 13.8 Å². The van der Waals surface area contributed by atoms with Gasteiger partial charge in [-0.05, 0) is 69.2 Å². The molecule has 8 nitrogen and oxygen atoms in total. The summed E-state index contributed by atoms with van der Waals surface area (Å²) in [5, 5.41) is 2.85. The minimum absolute atomic E-state index is 0.0204. The molecule has 3 aromatic rings. The lowest BCUT2D eigenvalue weighted by Gasteiger charge is -2.13. The molecular weight excluding hydrogens is 472 g/mol. The summed E-state index contributed by atoms with van der Waals surface area (Å²) < 4.78 is 33.5. The van der Waals surface area contributed by atoms with Gasteiger partial charge in [-0.3, -0.25) is 4.79 Å². The van der Waals surface area contributed by atoms with Crippen LogP contribution in [0.2, 0.25) is 0 Å². The first kappa shape index (κ1) is 24.2. The second kappa shape index (κ2) is 10.5. The zero-order chi connectivity index (χ0) is 24.1. The summed E-state index contributed by atoms with van der Waals surface area (Å²) in [6, 6.07) is 15.1. The van der Waals surface area contributed by atoms with Gasteiger partial charge in [-0.25, -0.2) is 23.1 Å². The Bertz CT molecular complexity index is 1250. The molecule has 2 aromatic carbocycles. The molecule has 4 rings (SSSR count). The number of hydrogen-bond donors (Lipinski definition) is 2. The second-order valence-electron chi connectivity index (χ2n) is 8.00. The third kappa shape index (κ3) is 6.13. The number of sulfonamides is 1. The average Bonchev–Trinajstić information content (AvgIpc) is 3.31. The molecule has 1 aromatic heterocycles. The lowest BCUT2D eigenvalue weighted by atomic mass is 10.2. The Kier molecular flexibility index (Phi) is 7.50. The van der Waals surface area contributed by atoms with Crippen LogP contribution < -0.4 is 10.0 Å². The van der Waals surface area contributed by atoms with Crippen LogP contribution in [0.4, 0.5) is 11.6 Å². The number of amides is 1. The highest BCUT2D eigenvalue weighted by Crippen LogP contribution is 2.27. The highest BCUT2D eigenvalue weighted by Gasteiger charge is 2.19. The molecule has 1 aliphatic heterocycles. The number of thioether (sulfide) groups is 1. The van der Waals surface area contributed by atoms with E-state index in [1.165, 1.54) is 12.1 Å². The number of benzene rings is 2. The molecular formula is C24H26N4O4S2. The fourth-order valence-electron chi connectivity index (χ4n) is 3.61.